The van der Waals surface area contributed by atoms with Gasteiger partial charge in [0, 0.05) is 25.0 Å². The molecule has 2 unspecified atom stereocenters. The maximum atomic E-state index is 10.3. The quantitative estimate of drug-likeness (QED) is 0.907. The van der Waals surface area contributed by atoms with Gasteiger partial charge in [-0.2, -0.15) is 0 Å². The number of aliphatic hydroxyl groups is 1. The van der Waals surface area contributed by atoms with E-state index in [1.807, 2.05) is 6.92 Å². The van der Waals surface area contributed by atoms with Crippen LogP contribution in [-0.4, -0.2) is 41.9 Å². The zero-order valence-electron chi connectivity index (χ0n) is 13.9. The Morgan fingerprint density at radius 1 is 1.14 bits per heavy atom. The Bertz CT molecular complexity index is 475. The fraction of sp³-hybridized carbons (Fsp3) is 0.684. The lowest BCUT2D eigenvalue weighted by Gasteiger charge is -2.56. The number of rotatable bonds is 5. The maximum absolute atomic E-state index is 10.3. The first-order chi connectivity index (χ1) is 10.7. The van der Waals surface area contributed by atoms with Crippen LogP contribution in [0.4, 0.5) is 0 Å². The van der Waals surface area contributed by atoms with Crippen LogP contribution in [0.25, 0.3) is 0 Å². The largest absolute Gasteiger partial charge is 0.392 e. The molecule has 1 aliphatic carbocycles. The Morgan fingerprint density at radius 3 is 2.32 bits per heavy atom. The van der Waals surface area contributed by atoms with Gasteiger partial charge in [-0.15, -0.1) is 0 Å². The minimum atomic E-state index is -0.157. The molecule has 3 rings (SSSR count). The molecule has 2 aliphatic rings. The summed E-state index contributed by atoms with van der Waals surface area (Å²) in [5.74, 6) is 0. The number of likely N-dealkylation sites (tertiary alicyclic amines) is 1. The lowest BCUT2D eigenvalue weighted by atomic mass is 9.58. The van der Waals surface area contributed by atoms with Crippen LogP contribution in [0, 0.1) is 5.41 Å². The molecule has 1 N–H and O–H groups in total. The van der Waals surface area contributed by atoms with Crippen molar-refractivity contribution in [2.45, 2.75) is 58.3 Å². The van der Waals surface area contributed by atoms with Crippen molar-refractivity contribution in [2.75, 3.05) is 19.7 Å². The molecule has 122 valence electrons. The second-order valence-electron chi connectivity index (χ2n) is 6.87. The Hall–Kier alpha value is -0.900. The number of ether oxygens (including phenoxy) is 1. The highest BCUT2D eigenvalue weighted by molar-refractivity contribution is 5.22. The molecule has 2 atom stereocenters. The van der Waals surface area contributed by atoms with Gasteiger partial charge in [0.25, 0.3) is 0 Å². The van der Waals surface area contributed by atoms with Crippen LogP contribution in [-0.2, 0) is 17.7 Å². The number of nitrogens with zero attached hydrogens (tertiary/aromatic N) is 1. The smallest absolute Gasteiger partial charge is 0.0681 e. The molecule has 22 heavy (non-hydrogen) atoms. The normalized spacial score (nSPS) is 27.8. The summed E-state index contributed by atoms with van der Waals surface area (Å²) in [6.45, 7) is 8.15. The van der Waals surface area contributed by atoms with Gasteiger partial charge < -0.3 is 9.84 Å². The summed E-state index contributed by atoms with van der Waals surface area (Å²) in [6.07, 6.45) is 4.17. The molecule has 1 aromatic carbocycles. The van der Waals surface area contributed by atoms with E-state index in [2.05, 4.69) is 36.1 Å². The zero-order valence-corrected chi connectivity index (χ0v) is 13.9. The highest BCUT2D eigenvalue weighted by Crippen LogP contribution is 2.51. The van der Waals surface area contributed by atoms with E-state index in [1.54, 1.807) is 0 Å². The molecule has 0 radical (unpaired) electrons. The van der Waals surface area contributed by atoms with Crippen molar-refractivity contribution in [1.82, 2.24) is 4.90 Å². The van der Waals surface area contributed by atoms with E-state index in [0.717, 1.165) is 51.9 Å². The molecule has 2 fully saturated rings. The van der Waals surface area contributed by atoms with Crippen molar-refractivity contribution in [1.29, 1.82) is 0 Å². The average Bonchev–Trinajstić information content (AvgIpc) is 2.56. The lowest BCUT2D eigenvalue weighted by Crippen LogP contribution is -2.62. The minimum absolute atomic E-state index is 0.0403. The minimum Gasteiger partial charge on any atom is -0.392 e. The fourth-order valence-corrected chi connectivity index (χ4v) is 4.08. The summed E-state index contributed by atoms with van der Waals surface area (Å²) in [6, 6.07) is 8.98. The molecule has 1 spiro atoms. The number of hydrogen-bond donors (Lipinski definition) is 1. The maximum Gasteiger partial charge on any atom is 0.0681 e. The van der Waals surface area contributed by atoms with Crippen molar-refractivity contribution < 1.29 is 9.84 Å². The third kappa shape index (κ3) is 2.94. The standard InChI is InChI=1S/C19H29NO2/c1-3-15-5-7-16(8-6-15)14-20-11-9-19(10-12-20)17(21)13-18(19)22-4-2/h5-8,17-18,21H,3-4,9-14H2,1-2H3. The molecule has 0 amide bonds. The van der Waals surface area contributed by atoms with Crippen molar-refractivity contribution in [2.24, 2.45) is 5.41 Å². The van der Waals surface area contributed by atoms with Gasteiger partial charge in [0.15, 0.2) is 0 Å². The Balaban J connectivity index is 1.55. The summed E-state index contributed by atoms with van der Waals surface area (Å²) >= 11 is 0. The molecule has 3 heteroatoms. The number of aliphatic hydroxyl groups excluding tert-OH is 1. The third-order valence-electron chi connectivity index (χ3n) is 5.73. The molecular formula is C19H29NO2. The van der Waals surface area contributed by atoms with E-state index in [1.165, 1.54) is 11.1 Å². The predicted octanol–water partition coefficient (Wildman–Crippen LogP) is 3.00. The summed E-state index contributed by atoms with van der Waals surface area (Å²) < 4.78 is 5.84. The van der Waals surface area contributed by atoms with Gasteiger partial charge in [0.1, 0.15) is 0 Å². The lowest BCUT2D eigenvalue weighted by molar-refractivity contribution is -0.209. The van der Waals surface area contributed by atoms with Crippen molar-refractivity contribution in [3.8, 4) is 0 Å². The second-order valence-corrected chi connectivity index (χ2v) is 6.87. The van der Waals surface area contributed by atoms with Crippen LogP contribution >= 0.6 is 0 Å². The van der Waals surface area contributed by atoms with Gasteiger partial charge in [0.05, 0.1) is 12.2 Å². The third-order valence-corrected chi connectivity index (χ3v) is 5.73. The summed E-state index contributed by atoms with van der Waals surface area (Å²) in [5, 5.41) is 10.3. The Morgan fingerprint density at radius 2 is 1.77 bits per heavy atom. The van der Waals surface area contributed by atoms with Gasteiger partial charge in [0.2, 0.25) is 0 Å². The van der Waals surface area contributed by atoms with Gasteiger partial charge >= 0.3 is 0 Å². The molecule has 0 bridgehead atoms. The Labute approximate surface area is 134 Å². The number of benzene rings is 1. The molecule has 3 nitrogen and oxygen atoms in total. The van der Waals surface area contributed by atoms with Crippen LogP contribution in [0.2, 0.25) is 0 Å². The molecule has 1 saturated heterocycles. The van der Waals surface area contributed by atoms with Crippen molar-refractivity contribution in [3.63, 3.8) is 0 Å². The average molecular weight is 303 g/mol. The molecule has 1 heterocycles. The molecule has 1 aromatic rings. The van der Waals surface area contributed by atoms with Crippen molar-refractivity contribution in [3.05, 3.63) is 35.4 Å². The molecule has 0 aromatic heterocycles. The summed E-state index contributed by atoms with van der Waals surface area (Å²) in [7, 11) is 0. The van der Waals surface area contributed by atoms with Crippen LogP contribution in [0.15, 0.2) is 24.3 Å². The van der Waals surface area contributed by atoms with E-state index < -0.39 is 0 Å². The molecular weight excluding hydrogens is 274 g/mol. The highest BCUT2D eigenvalue weighted by Gasteiger charge is 2.55. The first kappa shape index (κ1) is 16.0. The van der Waals surface area contributed by atoms with E-state index >= 15 is 0 Å². The summed E-state index contributed by atoms with van der Waals surface area (Å²) in [5.41, 5.74) is 2.83. The first-order valence-corrected chi connectivity index (χ1v) is 8.77. The molecule has 1 saturated carbocycles. The number of hydrogen-bond acceptors (Lipinski definition) is 3. The SMILES string of the molecule is CCOC1CC(O)C12CCN(Cc1ccc(CC)cc1)CC2. The number of aryl methyl sites for hydroxylation is 1. The summed E-state index contributed by atoms with van der Waals surface area (Å²) in [4.78, 5) is 2.51. The highest BCUT2D eigenvalue weighted by atomic mass is 16.5. The van der Waals surface area contributed by atoms with E-state index in [9.17, 15) is 5.11 Å². The van der Waals surface area contributed by atoms with Crippen LogP contribution < -0.4 is 0 Å². The zero-order chi connectivity index (χ0) is 15.6. The fourth-order valence-electron chi connectivity index (χ4n) is 4.08. The first-order valence-electron chi connectivity index (χ1n) is 8.77. The van der Waals surface area contributed by atoms with Crippen LogP contribution in [0.1, 0.15) is 44.2 Å². The van der Waals surface area contributed by atoms with Crippen LogP contribution in [0.5, 0.6) is 0 Å². The Kier molecular flexibility index (Phi) is 4.86. The number of piperidine rings is 1. The van der Waals surface area contributed by atoms with Gasteiger partial charge in [-0.3, -0.25) is 4.90 Å². The molecule has 1 aliphatic heterocycles. The van der Waals surface area contributed by atoms with Crippen molar-refractivity contribution >= 4 is 0 Å². The van der Waals surface area contributed by atoms with Gasteiger partial charge in [-0.25, -0.2) is 0 Å². The van der Waals surface area contributed by atoms with E-state index in [-0.39, 0.29) is 17.6 Å². The van der Waals surface area contributed by atoms with Crippen LogP contribution in [0.3, 0.4) is 0 Å². The predicted molar refractivity (Wildman–Crippen MR) is 88.8 cm³/mol. The second kappa shape index (κ2) is 6.69. The van der Waals surface area contributed by atoms with Gasteiger partial charge in [-0.05, 0) is 50.4 Å². The van der Waals surface area contributed by atoms with E-state index in [0.29, 0.717) is 0 Å². The van der Waals surface area contributed by atoms with E-state index in [4.69, 9.17) is 4.74 Å². The van der Waals surface area contributed by atoms with Gasteiger partial charge in [-0.1, -0.05) is 31.2 Å². The monoisotopic (exact) mass is 303 g/mol. The topological polar surface area (TPSA) is 32.7 Å².